The Bertz CT molecular complexity index is 2030. The number of allylic oxidation sites excluding steroid dienone is 4. The number of rotatable bonds is 10. The standard InChI is InChI=1S/C50H55Si/c1-30(2)39-21-32(5)44-23-34(7)48(46(44)25-39)28-51(29-49-35(8)24-45-33(6)22-40(31(3)4)26-47(45)49)50(43-20-19-37-14-10-12-16-42(37)43)27-38-18-17-36-13-9-11-15-41(36)38/h9-26,30-31,38,43,48-50H,27-29H2,1-8H3. The second kappa shape index (κ2) is 13.6. The average molecular weight is 684 g/mol. The van der Waals surface area contributed by atoms with Crippen LogP contribution in [0.3, 0.4) is 0 Å². The molecule has 51 heavy (non-hydrogen) atoms. The third-order valence-corrected chi connectivity index (χ3v) is 16.5. The maximum absolute atomic E-state index is 2.60. The van der Waals surface area contributed by atoms with Gasteiger partial charge in [-0.15, -0.1) is 0 Å². The monoisotopic (exact) mass is 683 g/mol. The Labute approximate surface area is 309 Å². The highest BCUT2D eigenvalue weighted by atomic mass is 28.3. The van der Waals surface area contributed by atoms with Gasteiger partial charge in [0.2, 0.25) is 0 Å². The summed E-state index contributed by atoms with van der Waals surface area (Å²) in [5.41, 5.74) is 21.7. The Kier molecular flexibility index (Phi) is 9.08. The quantitative estimate of drug-likeness (QED) is 0.146. The van der Waals surface area contributed by atoms with E-state index < -0.39 is 8.80 Å². The second-order valence-electron chi connectivity index (χ2n) is 16.9. The lowest BCUT2D eigenvalue weighted by Crippen LogP contribution is -2.30. The van der Waals surface area contributed by atoms with E-state index in [0.717, 1.165) is 0 Å². The van der Waals surface area contributed by atoms with Gasteiger partial charge in [-0.3, -0.25) is 0 Å². The van der Waals surface area contributed by atoms with Crippen molar-refractivity contribution < 1.29 is 0 Å². The molecule has 0 N–H and O–H groups in total. The van der Waals surface area contributed by atoms with Crippen molar-refractivity contribution in [3.63, 3.8) is 0 Å². The molecule has 0 amide bonds. The molecule has 0 aliphatic heterocycles. The zero-order chi connectivity index (χ0) is 35.6. The van der Waals surface area contributed by atoms with Crippen molar-refractivity contribution >= 4 is 33.1 Å². The number of hydrogen-bond donors (Lipinski definition) is 0. The fourth-order valence-corrected chi connectivity index (χ4v) is 14.2. The van der Waals surface area contributed by atoms with Crippen molar-refractivity contribution in [1.29, 1.82) is 0 Å². The van der Waals surface area contributed by atoms with Crippen LogP contribution in [0.4, 0.5) is 0 Å². The smallest absolute Gasteiger partial charge is 0.0540 e. The first kappa shape index (κ1) is 34.2. The van der Waals surface area contributed by atoms with Crippen molar-refractivity contribution in [3.05, 3.63) is 163 Å². The lowest BCUT2D eigenvalue weighted by atomic mass is 9.88. The van der Waals surface area contributed by atoms with Gasteiger partial charge in [-0.25, -0.2) is 0 Å². The van der Waals surface area contributed by atoms with Crippen LogP contribution in [-0.4, -0.2) is 8.80 Å². The van der Waals surface area contributed by atoms with Crippen LogP contribution in [0.2, 0.25) is 17.6 Å². The Hall–Kier alpha value is -3.94. The summed E-state index contributed by atoms with van der Waals surface area (Å²) in [6, 6.07) is 31.1. The summed E-state index contributed by atoms with van der Waals surface area (Å²) in [5, 5.41) is 0. The number of hydrogen-bond acceptors (Lipinski definition) is 0. The highest BCUT2D eigenvalue weighted by Crippen LogP contribution is 2.54. The van der Waals surface area contributed by atoms with Gasteiger partial charge in [-0.2, -0.15) is 0 Å². The molecule has 0 heterocycles. The molecule has 259 valence electrons. The largest absolute Gasteiger partial charge is 0.0764 e. The van der Waals surface area contributed by atoms with Gasteiger partial charge in [-0.05, 0) is 130 Å². The Morgan fingerprint density at radius 2 is 1.06 bits per heavy atom. The SMILES string of the molecule is CC1=Cc2c(C)cc(C(C)C)cc2C1C[Si](CC1C(C)=Cc2c(C)cc(C(C)C)cc21)C(CC1C=Cc2ccccc21)C1C=Cc2ccccc21. The predicted molar refractivity (Wildman–Crippen MR) is 223 cm³/mol. The molecule has 4 aromatic rings. The molecule has 5 atom stereocenters. The van der Waals surface area contributed by atoms with E-state index in [-0.39, 0.29) is 0 Å². The van der Waals surface area contributed by atoms with Crippen LogP contribution in [-0.2, 0) is 0 Å². The third-order valence-electron chi connectivity index (χ3n) is 13.0. The van der Waals surface area contributed by atoms with E-state index in [1.807, 2.05) is 0 Å². The Morgan fingerprint density at radius 1 is 0.569 bits per heavy atom. The van der Waals surface area contributed by atoms with Crippen molar-refractivity contribution in [3.8, 4) is 0 Å². The molecule has 0 bridgehead atoms. The summed E-state index contributed by atoms with van der Waals surface area (Å²) in [4.78, 5) is 0. The zero-order valence-corrected chi connectivity index (χ0v) is 33.1. The molecule has 4 aliphatic rings. The molecule has 8 rings (SSSR count). The molecular weight excluding hydrogens is 629 g/mol. The first-order chi connectivity index (χ1) is 24.6. The van der Waals surface area contributed by atoms with Crippen molar-refractivity contribution in [2.75, 3.05) is 0 Å². The van der Waals surface area contributed by atoms with Crippen molar-refractivity contribution in [2.24, 2.45) is 0 Å². The van der Waals surface area contributed by atoms with Crippen LogP contribution < -0.4 is 0 Å². The van der Waals surface area contributed by atoms with Crippen LogP contribution in [0.15, 0.2) is 96.1 Å². The minimum Gasteiger partial charge on any atom is -0.0764 e. The maximum atomic E-state index is 2.60. The average Bonchev–Trinajstić information content (AvgIpc) is 3.88. The molecule has 1 radical (unpaired) electrons. The first-order valence-electron chi connectivity index (χ1n) is 19.6. The van der Waals surface area contributed by atoms with Gasteiger partial charge in [-0.1, -0.05) is 148 Å². The zero-order valence-electron chi connectivity index (χ0n) is 32.1. The molecule has 0 fully saturated rings. The number of aryl methyl sites for hydroxylation is 2. The second-order valence-corrected chi connectivity index (χ2v) is 19.8. The lowest BCUT2D eigenvalue weighted by Gasteiger charge is -2.36. The van der Waals surface area contributed by atoms with Crippen molar-refractivity contribution in [1.82, 2.24) is 0 Å². The molecular formula is C50H55Si. The molecule has 0 saturated heterocycles. The van der Waals surface area contributed by atoms with Crippen LogP contribution in [0.1, 0.15) is 150 Å². The van der Waals surface area contributed by atoms with Gasteiger partial charge >= 0.3 is 0 Å². The summed E-state index contributed by atoms with van der Waals surface area (Å²) in [6.07, 6.45) is 16.3. The normalized spacial score (nSPS) is 21.7. The van der Waals surface area contributed by atoms with E-state index >= 15 is 0 Å². The van der Waals surface area contributed by atoms with E-state index in [2.05, 4.69) is 165 Å². The molecule has 0 nitrogen and oxygen atoms in total. The number of fused-ring (bicyclic) bond motifs is 4. The van der Waals surface area contributed by atoms with Crippen LogP contribution in [0.5, 0.6) is 0 Å². The molecule has 5 unspecified atom stereocenters. The van der Waals surface area contributed by atoms with Gasteiger partial charge < -0.3 is 0 Å². The van der Waals surface area contributed by atoms with Gasteiger partial charge in [0.1, 0.15) is 0 Å². The molecule has 1 heteroatoms. The Balaban J connectivity index is 1.25. The summed E-state index contributed by atoms with van der Waals surface area (Å²) in [5.74, 6) is 2.98. The van der Waals surface area contributed by atoms with Crippen LogP contribution in [0.25, 0.3) is 24.3 Å². The molecule has 0 saturated carbocycles. The summed E-state index contributed by atoms with van der Waals surface area (Å²) >= 11 is 0. The maximum Gasteiger partial charge on any atom is 0.0540 e. The lowest BCUT2D eigenvalue weighted by molar-refractivity contribution is 0.616. The molecule has 4 aliphatic carbocycles. The van der Waals surface area contributed by atoms with Gasteiger partial charge in [0.25, 0.3) is 0 Å². The van der Waals surface area contributed by atoms with E-state index in [1.54, 1.807) is 27.8 Å². The third kappa shape index (κ3) is 6.20. The van der Waals surface area contributed by atoms with Gasteiger partial charge in [0.05, 0.1) is 8.80 Å². The fraction of sp³-hybridized carbons (Fsp3) is 0.360. The summed E-state index contributed by atoms with van der Waals surface area (Å²) in [7, 11) is -0.968. The van der Waals surface area contributed by atoms with Gasteiger partial charge in [0, 0.05) is 23.7 Å². The van der Waals surface area contributed by atoms with E-state index in [4.69, 9.17) is 0 Å². The predicted octanol–water partition coefficient (Wildman–Crippen LogP) is 14.1. The van der Waals surface area contributed by atoms with E-state index in [9.17, 15) is 0 Å². The van der Waals surface area contributed by atoms with Crippen molar-refractivity contribution in [2.45, 2.75) is 115 Å². The minimum atomic E-state index is -0.968. The first-order valence-corrected chi connectivity index (χ1v) is 21.6. The number of benzene rings is 4. The highest BCUT2D eigenvalue weighted by molar-refractivity contribution is 6.61. The molecule has 0 aromatic heterocycles. The van der Waals surface area contributed by atoms with E-state index in [1.165, 1.54) is 68.6 Å². The summed E-state index contributed by atoms with van der Waals surface area (Å²) in [6.45, 7) is 19.0. The van der Waals surface area contributed by atoms with Crippen LogP contribution >= 0.6 is 0 Å². The van der Waals surface area contributed by atoms with E-state index in [0.29, 0.717) is 41.0 Å². The van der Waals surface area contributed by atoms with Gasteiger partial charge in [0.15, 0.2) is 0 Å². The Morgan fingerprint density at radius 3 is 1.61 bits per heavy atom. The molecule has 0 spiro atoms. The highest BCUT2D eigenvalue weighted by Gasteiger charge is 2.41. The summed E-state index contributed by atoms with van der Waals surface area (Å²) < 4.78 is 0. The minimum absolute atomic E-state index is 0.457. The molecule has 4 aromatic carbocycles. The fourth-order valence-electron chi connectivity index (χ4n) is 9.94. The topological polar surface area (TPSA) is 0 Å². The van der Waals surface area contributed by atoms with Crippen LogP contribution in [0, 0.1) is 13.8 Å².